The van der Waals surface area contributed by atoms with E-state index in [-0.39, 0.29) is 17.5 Å². The zero-order valence-electron chi connectivity index (χ0n) is 12.8. The summed E-state index contributed by atoms with van der Waals surface area (Å²) >= 11 is 5.95. The molecule has 0 saturated carbocycles. The summed E-state index contributed by atoms with van der Waals surface area (Å²) in [5, 5.41) is 4.04. The second-order valence-corrected chi connectivity index (χ2v) is 6.20. The van der Waals surface area contributed by atoms with E-state index in [2.05, 4.69) is 12.2 Å². The van der Waals surface area contributed by atoms with Crippen molar-refractivity contribution >= 4 is 11.6 Å². The number of rotatable bonds is 8. The van der Waals surface area contributed by atoms with Crippen molar-refractivity contribution in [2.75, 3.05) is 13.7 Å². The molecule has 0 aliphatic heterocycles. The number of nitrogens with one attached hydrogen (secondary N) is 1. The second-order valence-electron chi connectivity index (χ2n) is 5.76. The van der Waals surface area contributed by atoms with Gasteiger partial charge in [-0.2, -0.15) is 0 Å². The van der Waals surface area contributed by atoms with Gasteiger partial charge in [0.25, 0.3) is 0 Å². The fraction of sp³-hybridized carbons (Fsp3) is 0.625. The van der Waals surface area contributed by atoms with Crippen LogP contribution in [0.4, 0.5) is 4.39 Å². The topological polar surface area (TPSA) is 21.3 Å². The molecule has 114 valence electrons. The van der Waals surface area contributed by atoms with E-state index in [9.17, 15) is 4.39 Å². The molecule has 20 heavy (non-hydrogen) atoms. The zero-order valence-corrected chi connectivity index (χ0v) is 13.6. The van der Waals surface area contributed by atoms with Gasteiger partial charge in [0.15, 0.2) is 0 Å². The molecule has 0 radical (unpaired) electrons. The molecule has 1 atom stereocenters. The van der Waals surface area contributed by atoms with Gasteiger partial charge in [-0.15, -0.1) is 0 Å². The third kappa shape index (κ3) is 5.78. The van der Waals surface area contributed by atoms with Crippen LogP contribution in [-0.4, -0.2) is 25.3 Å². The first-order chi connectivity index (χ1) is 9.38. The van der Waals surface area contributed by atoms with Crippen LogP contribution >= 0.6 is 11.6 Å². The van der Waals surface area contributed by atoms with E-state index in [1.54, 1.807) is 19.2 Å². The Bertz CT molecular complexity index is 423. The lowest BCUT2D eigenvalue weighted by molar-refractivity contribution is 0.00708. The van der Waals surface area contributed by atoms with Gasteiger partial charge in [-0.05, 0) is 63.4 Å². The Balaban J connectivity index is 2.80. The van der Waals surface area contributed by atoms with E-state index >= 15 is 0 Å². The van der Waals surface area contributed by atoms with Gasteiger partial charge in [0, 0.05) is 18.2 Å². The first-order valence-electron chi connectivity index (χ1n) is 7.10. The quantitative estimate of drug-likeness (QED) is 0.777. The highest BCUT2D eigenvalue weighted by Crippen LogP contribution is 2.21. The monoisotopic (exact) mass is 301 g/mol. The molecule has 1 unspecified atom stereocenters. The highest BCUT2D eigenvalue weighted by Gasteiger charge is 2.23. The molecule has 0 amide bonds. The van der Waals surface area contributed by atoms with E-state index in [1.165, 1.54) is 6.07 Å². The number of methoxy groups -OCH3 is 1. The Morgan fingerprint density at radius 3 is 2.70 bits per heavy atom. The van der Waals surface area contributed by atoms with Gasteiger partial charge in [-0.3, -0.25) is 0 Å². The highest BCUT2D eigenvalue weighted by atomic mass is 35.5. The van der Waals surface area contributed by atoms with Gasteiger partial charge >= 0.3 is 0 Å². The molecule has 0 fully saturated rings. The standard InChI is InChI=1S/C16H25ClFNO/c1-5-8-19-14(11-16(2,3)20-4)10-12-9-13(17)6-7-15(12)18/h6-7,9,14,19H,5,8,10-11H2,1-4H3. The maximum absolute atomic E-state index is 13.8. The molecule has 1 aromatic rings. The average molecular weight is 302 g/mol. The van der Waals surface area contributed by atoms with Crippen LogP contribution in [0.2, 0.25) is 5.02 Å². The third-order valence-corrected chi connectivity index (χ3v) is 3.68. The van der Waals surface area contributed by atoms with Crippen molar-refractivity contribution < 1.29 is 9.13 Å². The van der Waals surface area contributed by atoms with E-state index in [0.717, 1.165) is 19.4 Å². The molecule has 1 N–H and O–H groups in total. The molecular formula is C16H25ClFNO. The molecular weight excluding hydrogens is 277 g/mol. The fourth-order valence-electron chi connectivity index (χ4n) is 2.21. The normalized spacial score (nSPS) is 13.5. The van der Waals surface area contributed by atoms with Crippen LogP contribution in [0.25, 0.3) is 0 Å². The minimum atomic E-state index is -0.236. The van der Waals surface area contributed by atoms with Crippen LogP contribution < -0.4 is 5.32 Å². The smallest absolute Gasteiger partial charge is 0.126 e. The van der Waals surface area contributed by atoms with E-state index in [1.807, 2.05) is 13.8 Å². The Hall–Kier alpha value is -0.640. The lowest BCUT2D eigenvalue weighted by atomic mass is 9.93. The van der Waals surface area contributed by atoms with Crippen molar-refractivity contribution in [1.82, 2.24) is 5.32 Å². The minimum absolute atomic E-state index is 0.165. The molecule has 2 nitrogen and oxygen atoms in total. The number of hydrogen-bond donors (Lipinski definition) is 1. The van der Waals surface area contributed by atoms with Gasteiger partial charge < -0.3 is 10.1 Å². The Labute approximate surface area is 126 Å². The minimum Gasteiger partial charge on any atom is -0.379 e. The molecule has 0 heterocycles. The Morgan fingerprint density at radius 1 is 1.40 bits per heavy atom. The molecule has 0 aliphatic rings. The summed E-state index contributed by atoms with van der Waals surface area (Å²) in [6, 6.07) is 4.87. The summed E-state index contributed by atoms with van der Waals surface area (Å²) in [4.78, 5) is 0. The largest absolute Gasteiger partial charge is 0.379 e. The van der Waals surface area contributed by atoms with Gasteiger partial charge in [-0.1, -0.05) is 18.5 Å². The predicted molar refractivity (Wildman–Crippen MR) is 82.9 cm³/mol. The Kier molecular flexibility index (Phi) is 6.93. The molecule has 0 saturated heterocycles. The average Bonchev–Trinajstić information content (AvgIpc) is 2.40. The number of halogens is 2. The number of benzene rings is 1. The fourth-order valence-corrected chi connectivity index (χ4v) is 2.40. The molecule has 1 rings (SSSR count). The maximum atomic E-state index is 13.8. The molecule has 4 heteroatoms. The van der Waals surface area contributed by atoms with Crippen molar-refractivity contribution in [3.8, 4) is 0 Å². The molecule has 0 aromatic heterocycles. The zero-order chi connectivity index (χ0) is 15.2. The van der Waals surface area contributed by atoms with Crippen LogP contribution in [0.15, 0.2) is 18.2 Å². The van der Waals surface area contributed by atoms with Gasteiger partial charge in [0.05, 0.1) is 5.60 Å². The highest BCUT2D eigenvalue weighted by molar-refractivity contribution is 6.30. The summed E-state index contributed by atoms with van der Waals surface area (Å²) in [6.45, 7) is 7.11. The summed E-state index contributed by atoms with van der Waals surface area (Å²) in [5.41, 5.74) is 0.415. The van der Waals surface area contributed by atoms with Crippen molar-refractivity contribution in [3.63, 3.8) is 0 Å². The summed E-state index contributed by atoms with van der Waals surface area (Å²) in [6.07, 6.45) is 2.47. The molecule has 1 aromatic carbocycles. The summed E-state index contributed by atoms with van der Waals surface area (Å²) in [5.74, 6) is -0.201. The molecule has 0 spiro atoms. The van der Waals surface area contributed by atoms with Crippen LogP contribution in [0.1, 0.15) is 39.2 Å². The van der Waals surface area contributed by atoms with Gasteiger partial charge in [-0.25, -0.2) is 4.39 Å². The van der Waals surface area contributed by atoms with Crippen molar-refractivity contribution in [3.05, 3.63) is 34.6 Å². The lowest BCUT2D eigenvalue weighted by Crippen LogP contribution is -2.39. The van der Waals surface area contributed by atoms with Crippen LogP contribution in [0, 0.1) is 5.82 Å². The Morgan fingerprint density at radius 2 is 2.10 bits per heavy atom. The molecule has 0 aliphatic carbocycles. The van der Waals surface area contributed by atoms with Crippen LogP contribution in [-0.2, 0) is 11.2 Å². The summed E-state index contributed by atoms with van der Waals surface area (Å²) < 4.78 is 19.3. The van der Waals surface area contributed by atoms with E-state index in [0.29, 0.717) is 17.0 Å². The molecule has 0 bridgehead atoms. The number of hydrogen-bond acceptors (Lipinski definition) is 2. The van der Waals surface area contributed by atoms with Gasteiger partial charge in [0.2, 0.25) is 0 Å². The SMILES string of the molecule is CCCNC(Cc1cc(Cl)ccc1F)CC(C)(C)OC. The van der Waals surface area contributed by atoms with Crippen molar-refractivity contribution in [2.24, 2.45) is 0 Å². The predicted octanol–water partition coefficient (Wildman–Crippen LogP) is 4.20. The van der Waals surface area contributed by atoms with Crippen LogP contribution in [0.3, 0.4) is 0 Å². The lowest BCUT2D eigenvalue weighted by Gasteiger charge is -2.29. The van der Waals surface area contributed by atoms with Crippen LogP contribution in [0.5, 0.6) is 0 Å². The van der Waals surface area contributed by atoms with E-state index < -0.39 is 0 Å². The third-order valence-electron chi connectivity index (χ3n) is 3.45. The first kappa shape index (κ1) is 17.4. The van der Waals surface area contributed by atoms with Gasteiger partial charge in [0.1, 0.15) is 5.82 Å². The maximum Gasteiger partial charge on any atom is 0.126 e. The number of ether oxygens (including phenoxy) is 1. The van der Waals surface area contributed by atoms with Crippen molar-refractivity contribution in [2.45, 2.75) is 51.7 Å². The first-order valence-corrected chi connectivity index (χ1v) is 7.48. The second kappa shape index (κ2) is 7.96. The van der Waals surface area contributed by atoms with E-state index in [4.69, 9.17) is 16.3 Å². The summed E-state index contributed by atoms with van der Waals surface area (Å²) in [7, 11) is 1.71. The van der Waals surface area contributed by atoms with Crippen molar-refractivity contribution in [1.29, 1.82) is 0 Å².